The number of benzene rings is 2. The average molecular weight is 300 g/mol. The van der Waals surface area contributed by atoms with Crippen molar-refractivity contribution in [3.8, 4) is 0 Å². The van der Waals surface area contributed by atoms with Gasteiger partial charge in [0.1, 0.15) is 0 Å². The third-order valence-corrected chi connectivity index (χ3v) is 4.11. The quantitative estimate of drug-likeness (QED) is 0.801. The van der Waals surface area contributed by atoms with Gasteiger partial charge in [0.15, 0.2) is 0 Å². The Morgan fingerprint density at radius 3 is 2.76 bits per heavy atom. The first-order valence-electron chi connectivity index (χ1n) is 7.05. The molecule has 3 rings (SSSR count). The fourth-order valence-electron chi connectivity index (χ4n) is 2.77. The molecule has 1 unspecified atom stereocenters. The summed E-state index contributed by atoms with van der Waals surface area (Å²) in [7, 11) is 1.97. The first-order valence-corrected chi connectivity index (χ1v) is 7.43. The molecule has 0 aliphatic carbocycles. The number of rotatable bonds is 4. The maximum absolute atomic E-state index is 6.09. The van der Waals surface area contributed by atoms with Gasteiger partial charge in [-0.2, -0.15) is 5.10 Å². The third-order valence-electron chi connectivity index (χ3n) is 3.88. The zero-order valence-corrected chi connectivity index (χ0v) is 12.7. The standard InChI is InChI=1S/C17H18ClN3/c1-21-17-8-3-2-7-15(17)16(20-21)10-13(11-19)12-5-4-6-14(18)9-12/h2-9,13H,10-11,19H2,1H3. The van der Waals surface area contributed by atoms with Crippen molar-refractivity contribution in [2.75, 3.05) is 6.54 Å². The Morgan fingerprint density at radius 2 is 2.00 bits per heavy atom. The first kappa shape index (κ1) is 14.1. The second kappa shape index (κ2) is 5.88. The molecule has 0 saturated heterocycles. The third kappa shape index (κ3) is 2.80. The lowest BCUT2D eigenvalue weighted by molar-refractivity contribution is 0.665. The molecule has 0 fully saturated rings. The second-order valence-corrected chi connectivity index (χ2v) is 5.72. The maximum atomic E-state index is 6.09. The summed E-state index contributed by atoms with van der Waals surface area (Å²) in [5, 5.41) is 6.60. The molecule has 1 heterocycles. The van der Waals surface area contributed by atoms with Crippen molar-refractivity contribution in [3.05, 3.63) is 64.8 Å². The van der Waals surface area contributed by atoms with Crippen LogP contribution in [0.15, 0.2) is 48.5 Å². The summed E-state index contributed by atoms with van der Waals surface area (Å²) in [5.41, 5.74) is 9.38. The minimum atomic E-state index is 0.224. The Labute approximate surface area is 129 Å². The van der Waals surface area contributed by atoms with Crippen molar-refractivity contribution in [2.24, 2.45) is 12.8 Å². The summed E-state index contributed by atoms with van der Waals surface area (Å²) in [5.74, 6) is 0.224. The zero-order valence-electron chi connectivity index (χ0n) is 12.0. The molecule has 2 N–H and O–H groups in total. The topological polar surface area (TPSA) is 43.8 Å². The van der Waals surface area contributed by atoms with Gasteiger partial charge < -0.3 is 5.73 Å². The Bertz CT molecular complexity index is 764. The minimum Gasteiger partial charge on any atom is -0.330 e. The average Bonchev–Trinajstić information content (AvgIpc) is 2.82. The van der Waals surface area contributed by atoms with Crippen LogP contribution < -0.4 is 5.73 Å². The summed E-state index contributed by atoms with van der Waals surface area (Å²) in [6.45, 7) is 0.575. The van der Waals surface area contributed by atoms with Gasteiger partial charge in [-0.15, -0.1) is 0 Å². The SMILES string of the molecule is Cn1nc(CC(CN)c2cccc(Cl)c2)c2ccccc21. The maximum Gasteiger partial charge on any atom is 0.0709 e. The van der Waals surface area contributed by atoms with Gasteiger partial charge in [-0.3, -0.25) is 4.68 Å². The number of para-hydroxylation sites is 1. The van der Waals surface area contributed by atoms with Gasteiger partial charge >= 0.3 is 0 Å². The minimum absolute atomic E-state index is 0.224. The lowest BCUT2D eigenvalue weighted by Crippen LogP contribution is -2.15. The molecule has 4 heteroatoms. The molecule has 0 spiro atoms. The van der Waals surface area contributed by atoms with Gasteiger partial charge in [0.25, 0.3) is 0 Å². The van der Waals surface area contributed by atoms with E-state index < -0.39 is 0 Å². The summed E-state index contributed by atoms with van der Waals surface area (Å²) in [6.07, 6.45) is 0.818. The molecule has 2 aromatic carbocycles. The fraction of sp³-hybridized carbons (Fsp3) is 0.235. The molecule has 3 nitrogen and oxygen atoms in total. The molecular formula is C17H18ClN3. The van der Waals surface area contributed by atoms with E-state index in [4.69, 9.17) is 17.3 Å². The highest BCUT2D eigenvalue weighted by Crippen LogP contribution is 2.26. The largest absolute Gasteiger partial charge is 0.330 e. The summed E-state index contributed by atoms with van der Waals surface area (Å²) in [4.78, 5) is 0. The normalized spacial score (nSPS) is 12.7. The highest BCUT2D eigenvalue weighted by Gasteiger charge is 2.16. The monoisotopic (exact) mass is 299 g/mol. The molecule has 108 valence electrons. The molecule has 1 atom stereocenters. The van der Waals surface area contributed by atoms with Crippen LogP contribution in [0.5, 0.6) is 0 Å². The Balaban J connectivity index is 1.96. The van der Waals surface area contributed by atoms with Gasteiger partial charge in [-0.1, -0.05) is 41.9 Å². The number of hydrogen-bond donors (Lipinski definition) is 1. The summed E-state index contributed by atoms with van der Waals surface area (Å²) in [6, 6.07) is 16.2. The van der Waals surface area contributed by atoms with E-state index in [0.29, 0.717) is 6.54 Å². The molecule has 21 heavy (non-hydrogen) atoms. The molecule has 0 bridgehead atoms. The van der Waals surface area contributed by atoms with Crippen LogP contribution in [-0.4, -0.2) is 16.3 Å². The van der Waals surface area contributed by atoms with Crippen molar-refractivity contribution < 1.29 is 0 Å². The summed E-state index contributed by atoms with van der Waals surface area (Å²) < 4.78 is 1.93. The van der Waals surface area contributed by atoms with E-state index in [-0.39, 0.29) is 5.92 Å². The van der Waals surface area contributed by atoms with Crippen LogP contribution in [0.3, 0.4) is 0 Å². The van der Waals surface area contributed by atoms with Crippen molar-refractivity contribution in [1.82, 2.24) is 9.78 Å². The van der Waals surface area contributed by atoms with Crippen molar-refractivity contribution in [3.63, 3.8) is 0 Å². The van der Waals surface area contributed by atoms with Gasteiger partial charge in [0.2, 0.25) is 0 Å². The van der Waals surface area contributed by atoms with E-state index in [1.54, 1.807) is 0 Å². The number of nitrogens with two attached hydrogens (primary N) is 1. The van der Waals surface area contributed by atoms with Gasteiger partial charge in [0.05, 0.1) is 11.2 Å². The van der Waals surface area contributed by atoms with E-state index in [1.807, 2.05) is 42.1 Å². The second-order valence-electron chi connectivity index (χ2n) is 5.28. The lowest BCUT2D eigenvalue weighted by Gasteiger charge is -2.14. The van der Waals surface area contributed by atoms with Gasteiger partial charge in [0, 0.05) is 29.8 Å². The Kier molecular flexibility index (Phi) is 3.95. The van der Waals surface area contributed by atoms with E-state index in [9.17, 15) is 0 Å². The van der Waals surface area contributed by atoms with Crippen molar-refractivity contribution in [1.29, 1.82) is 0 Å². The van der Waals surface area contributed by atoms with Gasteiger partial charge in [-0.05, 0) is 30.3 Å². The number of hydrogen-bond acceptors (Lipinski definition) is 2. The van der Waals surface area contributed by atoms with E-state index >= 15 is 0 Å². The van der Waals surface area contributed by atoms with Crippen LogP contribution >= 0.6 is 11.6 Å². The zero-order chi connectivity index (χ0) is 14.8. The van der Waals surface area contributed by atoms with E-state index in [2.05, 4.69) is 23.3 Å². The predicted molar refractivity (Wildman–Crippen MR) is 87.7 cm³/mol. The van der Waals surface area contributed by atoms with E-state index in [1.165, 1.54) is 10.9 Å². The van der Waals surface area contributed by atoms with Crippen LogP contribution in [0.4, 0.5) is 0 Å². The van der Waals surface area contributed by atoms with Crippen molar-refractivity contribution in [2.45, 2.75) is 12.3 Å². The molecule has 3 aromatic rings. The number of nitrogens with zero attached hydrogens (tertiary/aromatic N) is 2. The van der Waals surface area contributed by atoms with E-state index in [0.717, 1.165) is 22.7 Å². The van der Waals surface area contributed by atoms with Gasteiger partial charge in [-0.25, -0.2) is 0 Å². The lowest BCUT2D eigenvalue weighted by atomic mass is 9.93. The molecule has 0 amide bonds. The number of halogens is 1. The molecule has 0 saturated carbocycles. The smallest absolute Gasteiger partial charge is 0.0709 e. The molecule has 1 aromatic heterocycles. The highest BCUT2D eigenvalue weighted by molar-refractivity contribution is 6.30. The Morgan fingerprint density at radius 1 is 1.19 bits per heavy atom. The molecule has 0 aliphatic rings. The Hall–Kier alpha value is -1.84. The first-order chi connectivity index (χ1) is 10.2. The van der Waals surface area contributed by atoms with Crippen LogP contribution in [0.2, 0.25) is 5.02 Å². The molecule has 0 radical (unpaired) electrons. The molecular weight excluding hydrogens is 282 g/mol. The highest BCUT2D eigenvalue weighted by atomic mass is 35.5. The fourth-order valence-corrected chi connectivity index (χ4v) is 2.97. The number of aromatic nitrogens is 2. The van der Waals surface area contributed by atoms with Crippen LogP contribution in [-0.2, 0) is 13.5 Å². The summed E-state index contributed by atoms with van der Waals surface area (Å²) >= 11 is 6.09. The molecule has 0 aliphatic heterocycles. The van der Waals surface area contributed by atoms with Crippen LogP contribution in [0.25, 0.3) is 10.9 Å². The number of aryl methyl sites for hydroxylation is 1. The van der Waals surface area contributed by atoms with Crippen LogP contribution in [0.1, 0.15) is 17.2 Å². The predicted octanol–water partition coefficient (Wildman–Crippen LogP) is 3.51. The number of fused-ring (bicyclic) bond motifs is 1. The van der Waals surface area contributed by atoms with Crippen LogP contribution in [0, 0.1) is 0 Å². The van der Waals surface area contributed by atoms with Crippen molar-refractivity contribution >= 4 is 22.5 Å².